The molecule has 0 aliphatic carbocycles. The van der Waals surface area contributed by atoms with Gasteiger partial charge in [0, 0.05) is 63.1 Å². The van der Waals surface area contributed by atoms with Crippen LogP contribution < -0.4 is 0 Å². The lowest BCUT2D eigenvalue weighted by Crippen LogP contribution is -2.01. The van der Waals surface area contributed by atoms with E-state index in [1.54, 1.807) is 6.20 Å². The maximum atomic E-state index is 5.17. The summed E-state index contributed by atoms with van der Waals surface area (Å²) in [6, 6.07) is 74.3. The molecule has 4 aromatic heterocycles. The predicted molar refractivity (Wildman–Crippen MR) is 265 cm³/mol. The molecule has 7 nitrogen and oxygen atoms in total. The molecule has 0 saturated heterocycles. The van der Waals surface area contributed by atoms with Crippen molar-refractivity contribution in [2.24, 2.45) is 0 Å². The van der Waals surface area contributed by atoms with E-state index in [2.05, 4.69) is 119 Å². The van der Waals surface area contributed by atoms with Crippen molar-refractivity contribution >= 4 is 0 Å². The minimum atomic E-state index is 0.600. The van der Waals surface area contributed by atoms with Gasteiger partial charge in [0.15, 0.2) is 23.3 Å². The molecule has 0 fully saturated rings. The average Bonchev–Trinajstić information content (AvgIpc) is 3.42. The maximum absolute atomic E-state index is 5.17. The van der Waals surface area contributed by atoms with Gasteiger partial charge in [-0.1, -0.05) is 182 Å². The summed E-state index contributed by atoms with van der Waals surface area (Å²) in [5, 5.41) is 0. The first-order valence-electron chi connectivity index (χ1n) is 21.8. The summed E-state index contributed by atoms with van der Waals surface area (Å²) in [7, 11) is 0. The Hall–Kier alpha value is -9.07. The van der Waals surface area contributed by atoms with Crippen molar-refractivity contribution in [3.05, 3.63) is 237 Å². The first-order valence-corrected chi connectivity index (χ1v) is 21.8. The van der Waals surface area contributed by atoms with Crippen LogP contribution in [0.25, 0.3) is 113 Å². The van der Waals surface area contributed by atoms with E-state index >= 15 is 0 Å². The fourth-order valence-corrected chi connectivity index (χ4v) is 8.23. The summed E-state index contributed by atoms with van der Waals surface area (Å²) in [5.41, 5.74) is 15.5. The van der Waals surface area contributed by atoms with Crippen molar-refractivity contribution in [2.45, 2.75) is 0 Å². The molecule has 66 heavy (non-hydrogen) atoms. The molecular weight excluding hydrogens is 807 g/mol. The van der Waals surface area contributed by atoms with E-state index in [0.717, 1.165) is 89.4 Å². The fraction of sp³-hybridized carbons (Fsp3) is 0. The highest BCUT2D eigenvalue weighted by molar-refractivity contribution is 5.90. The van der Waals surface area contributed by atoms with E-state index in [4.69, 9.17) is 24.9 Å². The van der Waals surface area contributed by atoms with E-state index in [1.165, 1.54) is 0 Å². The molecule has 0 spiro atoms. The molecule has 0 N–H and O–H groups in total. The van der Waals surface area contributed by atoms with Crippen LogP contribution in [0.3, 0.4) is 0 Å². The molecule has 0 saturated carbocycles. The van der Waals surface area contributed by atoms with Gasteiger partial charge < -0.3 is 0 Å². The Bertz CT molecular complexity index is 3380. The van der Waals surface area contributed by atoms with E-state index in [1.807, 2.05) is 122 Å². The highest BCUT2D eigenvalue weighted by atomic mass is 15.0. The topological polar surface area (TPSA) is 90.2 Å². The lowest BCUT2D eigenvalue weighted by atomic mass is 9.90. The number of hydrogen-bond acceptors (Lipinski definition) is 7. The summed E-state index contributed by atoms with van der Waals surface area (Å²) in [6.07, 6.45) is 5.54. The smallest absolute Gasteiger partial charge is 0.164 e. The highest BCUT2D eigenvalue weighted by Crippen LogP contribution is 2.40. The lowest BCUT2D eigenvalue weighted by Gasteiger charge is -2.16. The van der Waals surface area contributed by atoms with Gasteiger partial charge in [-0.15, -0.1) is 0 Å². The third kappa shape index (κ3) is 8.28. The Balaban J connectivity index is 0.989. The number of hydrogen-bond donors (Lipinski definition) is 0. The summed E-state index contributed by atoms with van der Waals surface area (Å²) in [6.45, 7) is 0. The summed E-state index contributed by atoms with van der Waals surface area (Å²) in [5.74, 6) is 2.48. The normalized spacial score (nSPS) is 11.0. The minimum absolute atomic E-state index is 0.600. The van der Waals surface area contributed by atoms with Crippen molar-refractivity contribution in [1.82, 2.24) is 34.9 Å². The standard InChI is InChI=1S/C59H39N7/c1-4-16-41(17-5-1)54-38-55(47-23-14-22-46(36-47)53-27-12-13-35-61-53)63-56(62-54)44-30-28-40(29-31-44)50-33-32-45(37-52(50)48-24-15-34-60-39-48)49-25-10-11-26-51(49)59-65-57(42-18-6-2-7-19-42)64-58(66-59)43-20-8-3-9-21-43/h1-39H. The lowest BCUT2D eigenvalue weighted by molar-refractivity contribution is 1.07. The van der Waals surface area contributed by atoms with Gasteiger partial charge in [-0.3, -0.25) is 9.97 Å². The van der Waals surface area contributed by atoms with E-state index < -0.39 is 0 Å². The van der Waals surface area contributed by atoms with Gasteiger partial charge in [0.2, 0.25) is 0 Å². The third-order valence-electron chi connectivity index (χ3n) is 11.5. The SMILES string of the molecule is c1ccc(-c2cc(-c3cccc(-c4ccccn4)c3)nc(-c3ccc(-c4ccc(-c5ccccc5-c5nc(-c6ccccc6)nc(-c6ccccc6)n5)cc4-c4cccnc4)cc3)n2)cc1. The van der Waals surface area contributed by atoms with Crippen LogP contribution in [-0.4, -0.2) is 34.9 Å². The van der Waals surface area contributed by atoms with Gasteiger partial charge >= 0.3 is 0 Å². The van der Waals surface area contributed by atoms with Crippen LogP contribution in [0.2, 0.25) is 0 Å². The van der Waals surface area contributed by atoms with Crippen LogP contribution in [0.1, 0.15) is 0 Å². The fourth-order valence-electron chi connectivity index (χ4n) is 8.23. The largest absolute Gasteiger partial charge is 0.264 e. The van der Waals surface area contributed by atoms with Crippen LogP contribution >= 0.6 is 0 Å². The van der Waals surface area contributed by atoms with Gasteiger partial charge in [0.25, 0.3) is 0 Å². The number of pyridine rings is 2. The Labute approximate surface area is 383 Å². The molecule has 0 aliphatic rings. The molecule has 310 valence electrons. The molecule has 11 rings (SSSR count). The van der Waals surface area contributed by atoms with Crippen LogP contribution in [0.5, 0.6) is 0 Å². The quantitative estimate of drug-likeness (QED) is 0.135. The molecule has 4 heterocycles. The second-order valence-corrected chi connectivity index (χ2v) is 15.8. The summed E-state index contributed by atoms with van der Waals surface area (Å²) in [4.78, 5) is 34.5. The highest BCUT2D eigenvalue weighted by Gasteiger charge is 2.18. The van der Waals surface area contributed by atoms with E-state index in [9.17, 15) is 0 Å². The zero-order chi connectivity index (χ0) is 44.1. The molecule has 0 radical (unpaired) electrons. The second kappa shape index (κ2) is 18.0. The van der Waals surface area contributed by atoms with Gasteiger partial charge in [-0.2, -0.15) is 0 Å². The molecule has 7 aromatic carbocycles. The Morgan fingerprint density at radius 3 is 1.38 bits per heavy atom. The monoisotopic (exact) mass is 845 g/mol. The Morgan fingerprint density at radius 2 is 0.727 bits per heavy atom. The van der Waals surface area contributed by atoms with Crippen molar-refractivity contribution < 1.29 is 0 Å². The molecule has 0 unspecified atom stereocenters. The van der Waals surface area contributed by atoms with E-state index in [0.29, 0.717) is 23.3 Å². The molecule has 11 aromatic rings. The maximum Gasteiger partial charge on any atom is 0.164 e. The van der Waals surface area contributed by atoms with Crippen molar-refractivity contribution in [3.8, 4) is 113 Å². The van der Waals surface area contributed by atoms with Crippen LogP contribution in [-0.2, 0) is 0 Å². The van der Waals surface area contributed by atoms with Gasteiger partial charge in [-0.25, -0.2) is 24.9 Å². The Morgan fingerprint density at radius 1 is 0.227 bits per heavy atom. The minimum Gasteiger partial charge on any atom is -0.264 e. The van der Waals surface area contributed by atoms with Crippen LogP contribution in [0.4, 0.5) is 0 Å². The van der Waals surface area contributed by atoms with Gasteiger partial charge in [0.05, 0.1) is 17.1 Å². The van der Waals surface area contributed by atoms with Crippen LogP contribution in [0, 0.1) is 0 Å². The second-order valence-electron chi connectivity index (χ2n) is 15.8. The summed E-state index contributed by atoms with van der Waals surface area (Å²) >= 11 is 0. The molecule has 0 amide bonds. The van der Waals surface area contributed by atoms with Crippen molar-refractivity contribution in [2.75, 3.05) is 0 Å². The first-order chi connectivity index (χ1) is 32.7. The van der Waals surface area contributed by atoms with E-state index in [-0.39, 0.29) is 0 Å². The van der Waals surface area contributed by atoms with Crippen LogP contribution in [0.15, 0.2) is 237 Å². The average molecular weight is 846 g/mol. The number of nitrogens with zero attached hydrogens (tertiary/aromatic N) is 7. The summed E-state index contributed by atoms with van der Waals surface area (Å²) < 4.78 is 0. The molecule has 0 aliphatic heterocycles. The zero-order valence-electron chi connectivity index (χ0n) is 35.6. The van der Waals surface area contributed by atoms with Crippen molar-refractivity contribution in [1.29, 1.82) is 0 Å². The molecular formula is C59H39N7. The predicted octanol–water partition coefficient (Wildman–Crippen LogP) is 14.1. The van der Waals surface area contributed by atoms with Gasteiger partial charge in [0.1, 0.15) is 0 Å². The first kappa shape index (κ1) is 39.8. The third-order valence-corrected chi connectivity index (χ3v) is 11.5. The molecule has 0 bridgehead atoms. The molecule has 7 heteroatoms. The molecule has 0 atom stereocenters. The Kier molecular flexibility index (Phi) is 10.8. The van der Waals surface area contributed by atoms with Crippen molar-refractivity contribution in [3.63, 3.8) is 0 Å². The number of benzene rings is 7. The zero-order valence-corrected chi connectivity index (χ0v) is 35.6. The number of aromatic nitrogens is 7. The number of rotatable bonds is 10. The van der Waals surface area contributed by atoms with Gasteiger partial charge in [-0.05, 0) is 64.2 Å².